The smallest absolute Gasteiger partial charge is 0.278 e. The number of hydrogen-bond acceptors (Lipinski definition) is 5. The third-order valence-corrected chi connectivity index (χ3v) is 6.19. The molecule has 0 amide bonds. The van der Waals surface area contributed by atoms with Crippen LogP contribution in [0.1, 0.15) is 0 Å². The number of para-hydroxylation sites is 1. The number of nitrogens with one attached hydrogen (secondary N) is 2. The highest BCUT2D eigenvalue weighted by Gasteiger charge is 2.26. The largest absolute Gasteiger partial charge is 0.279 e. The van der Waals surface area contributed by atoms with Gasteiger partial charge in [-0.05, 0) is 17.7 Å². The number of rotatable bonds is 5. The fourth-order valence-corrected chi connectivity index (χ4v) is 4.65. The van der Waals surface area contributed by atoms with Crippen LogP contribution in [-0.2, 0) is 10.0 Å². The van der Waals surface area contributed by atoms with Gasteiger partial charge >= 0.3 is 0 Å². The SMILES string of the molecule is O=S(=O)(Nc1ccccc1)c1[nH]nc2nnc(-c3ccccc3)c(-c3ccccc3)c12. The molecule has 2 heterocycles. The third-order valence-electron chi connectivity index (χ3n) is 4.85. The lowest BCUT2D eigenvalue weighted by atomic mass is 9.98. The highest BCUT2D eigenvalue weighted by molar-refractivity contribution is 7.92. The van der Waals surface area contributed by atoms with Gasteiger partial charge in [0.1, 0.15) is 5.69 Å². The lowest BCUT2D eigenvalue weighted by Crippen LogP contribution is -2.14. The van der Waals surface area contributed by atoms with Crippen molar-refractivity contribution in [3.8, 4) is 22.4 Å². The monoisotopic (exact) mass is 427 g/mol. The zero-order chi connectivity index (χ0) is 21.3. The van der Waals surface area contributed by atoms with Crippen molar-refractivity contribution < 1.29 is 8.42 Å². The molecule has 8 heteroatoms. The maximum Gasteiger partial charge on any atom is 0.279 e. The third kappa shape index (κ3) is 3.53. The van der Waals surface area contributed by atoms with Gasteiger partial charge in [-0.15, -0.1) is 10.2 Å². The van der Waals surface area contributed by atoms with E-state index in [-0.39, 0.29) is 10.7 Å². The van der Waals surface area contributed by atoms with E-state index in [1.165, 1.54) is 0 Å². The molecule has 31 heavy (non-hydrogen) atoms. The zero-order valence-corrected chi connectivity index (χ0v) is 17.0. The average molecular weight is 427 g/mol. The normalized spacial score (nSPS) is 11.5. The van der Waals surface area contributed by atoms with Crippen molar-refractivity contribution in [3.63, 3.8) is 0 Å². The standard InChI is InChI=1S/C23H17N5O2S/c29-31(30,28-18-14-8-3-9-15-18)23-20-19(16-10-4-1-5-11-16)21(17-12-6-2-7-13-17)24-25-22(20)26-27-23/h1-15,28H,(H,25,26,27). The van der Waals surface area contributed by atoms with E-state index in [1.807, 2.05) is 66.7 Å². The van der Waals surface area contributed by atoms with Crippen molar-refractivity contribution in [2.45, 2.75) is 5.03 Å². The molecule has 0 unspecified atom stereocenters. The van der Waals surface area contributed by atoms with Crippen molar-refractivity contribution in [1.29, 1.82) is 0 Å². The van der Waals surface area contributed by atoms with Crippen LogP contribution >= 0.6 is 0 Å². The van der Waals surface area contributed by atoms with Crippen LogP contribution in [0.2, 0.25) is 0 Å². The van der Waals surface area contributed by atoms with Gasteiger partial charge in [-0.3, -0.25) is 9.82 Å². The maximum absolute atomic E-state index is 13.3. The molecule has 5 aromatic rings. The summed E-state index contributed by atoms with van der Waals surface area (Å²) >= 11 is 0. The minimum absolute atomic E-state index is 0.0581. The van der Waals surface area contributed by atoms with Crippen LogP contribution in [0, 0.1) is 0 Å². The quantitative estimate of drug-likeness (QED) is 0.430. The Labute approximate surface area is 178 Å². The van der Waals surface area contributed by atoms with Crippen molar-refractivity contribution in [2.75, 3.05) is 4.72 Å². The van der Waals surface area contributed by atoms with Gasteiger partial charge in [0.25, 0.3) is 10.0 Å². The number of nitrogens with zero attached hydrogens (tertiary/aromatic N) is 3. The maximum atomic E-state index is 13.3. The van der Waals surface area contributed by atoms with Crippen molar-refractivity contribution in [1.82, 2.24) is 20.4 Å². The fourth-order valence-electron chi connectivity index (χ4n) is 3.47. The molecular formula is C23H17N5O2S. The number of anilines is 1. The van der Waals surface area contributed by atoms with E-state index in [1.54, 1.807) is 24.3 Å². The molecule has 2 aromatic heterocycles. The predicted octanol–water partition coefficient (Wildman–Crippen LogP) is 4.49. The average Bonchev–Trinajstić information content (AvgIpc) is 3.25. The molecule has 0 bridgehead atoms. The van der Waals surface area contributed by atoms with Gasteiger partial charge in [-0.1, -0.05) is 78.9 Å². The first-order valence-corrected chi connectivity index (χ1v) is 11.1. The van der Waals surface area contributed by atoms with Gasteiger partial charge < -0.3 is 0 Å². The molecule has 0 aliphatic rings. The van der Waals surface area contributed by atoms with E-state index in [0.29, 0.717) is 22.3 Å². The second kappa shape index (κ2) is 7.66. The Kier molecular flexibility index (Phi) is 4.68. The molecule has 0 fully saturated rings. The number of sulfonamides is 1. The van der Waals surface area contributed by atoms with Crippen molar-refractivity contribution in [2.24, 2.45) is 0 Å². The minimum atomic E-state index is -3.96. The first kappa shape index (κ1) is 19.0. The molecule has 0 aliphatic heterocycles. The van der Waals surface area contributed by atoms with Gasteiger partial charge in [-0.2, -0.15) is 13.5 Å². The molecule has 152 valence electrons. The van der Waals surface area contributed by atoms with Crippen molar-refractivity contribution >= 4 is 26.7 Å². The van der Waals surface area contributed by atoms with Gasteiger partial charge in [0, 0.05) is 16.8 Å². The fraction of sp³-hybridized carbons (Fsp3) is 0. The van der Waals surface area contributed by atoms with E-state index >= 15 is 0 Å². The number of hydrogen-bond donors (Lipinski definition) is 2. The van der Waals surface area contributed by atoms with Crippen LogP contribution in [0.3, 0.4) is 0 Å². The summed E-state index contributed by atoms with van der Waals surface area (Å²) in [7, 11) is -3.96. The van der Waals surface area contributed by atoms with Gasteiger partial charge in [0.2, 0.25) is 5.65 Å². The topological polar surface area (TPSA) is 101 Å². The molecular weight excluding hydrogens is 410 g/mol. The molecule has 0 saturated heterocycles. The highest BCUT2D eigenvalue weighted by Crippen LogP contribution is 2.38. The van der Waals surface area contributed by atoms with Gasteiger partial charge in [0.15, 0.2) is 5.03 Å². The lowest BCUT2D eigenvalue weighted by molar-refractivity contribution is 0.598. The van der Waals surface area contributed by atoms with E-state index in [9.17, 15) is 8.42 Å². The van der Waals surface area contributed by atoms with Gasteiger partial charge in [-0.25, -0.2) is 0 Å². The van der Waals surface area contributed by atoms with Crippen LogP contribution in [0.15, 0.2) is 96.0 Å². The molecule has 3 aromatic carbocycles. The molecule has 0 spiro atoms. The van der Waals surface area contributed by atoms with Crippen LogP contribution in [0.4, 0.5) is 5.69 Å². The Hall–Kier alpha value is -4.04. The van der Waals surface area contributed by atoms with E-state index < -0.39 is 10.0 Å². The second-order valence-electron chi connectivity index (χ2n) is 6.88. The number of H-pyrrole nitrogens is 1. The molecule has 0 aliphatic carbocycles. The van der Waals surface area contributed by atoms with Crippen LogP contribution in [-0.4, -0.2) is 28.8 Å². The number of aromatic amines is 1. The first-order valence-electron chi connectivity index (χ1n) is 9.57. The zero-order valence-electron chi connectivity index (χ0n) is 16.2. The Balaban J connectivity index is 1.79. The van der Waals surface area contributed by atoms with Crippen LogP contribution in [0.5, 0.6) is 0 Å². The van der Waals surface area contributed by atoms with E-state index in [0.717, 1.165) is 11.1 Å². The number of aromatic nitrogens is 4. The summed E-state index contributed by atoms with van der Waals surface area (Å²) in [6, 6.07) is 27.8. The molecule has 2 N–H and O–H groups in total. The summed E-state index contributed by atoms with van der Waals surface area (Å²) in [4.78, 5) is 0. The Morgan fingerprint density at radius 3 is 1.94 bits per heavy atom. The molecule has 5 rings (SSSR count). The predicted molar refractivity (Wildman–Crippen MR) is 120 cm³/mol. The summed E-state index contributed by atoms with van der Waals surface area (Å²) in [5.41, 5.74) is 3.56. The molecule has 7 nitrogen and oxygen atoms in total. The minimum Gasteiger partial charge on any atom is -0.278 e. The molecule has 0 saturated carbocycles. The van der Waals surface area contributed by atoms with Crippen LogP contribution in [0.25, 0.3) is 33.4 Å². The number of fused-ring (bicyclic) bond motifs is 1. The Bertz CT molecular complexity index is 1450. The molecule has 0 atom stereocenters. The van der Waals surface area contributed by atoms with E-state index in [4.69, 9.17) is 0 Å². The number of benzene rings is 3. The lowest BCUT2D eigenvalue weighted by Gasteiger charge is -2.12. The van der Waals surface area contributed by atoms with E-state index in [2.05, 4.69) is 25.1 Å². The van der Waals surface area contributed by atoms with Crippen molar-refractivity contribution in [3.05, 3.63) is 91.0 Å². The van der Waals surface area contributed by atoms with Crippen LogP contribution < -0.4 is 4.72 Å². The summed E-state index contributed by atoms with van der Waals surface area (Å²) in [6.07, 6.45) is 0. The second-order valence-corrected chi connectivity index (χ2v) is 8.50. The summed E-state index contributed by atoms with van der Waals surface area (Å²) in [6.45, 7) is 0. The summed E-state index contributed by atoms with van der Waals surface area (Å²) in [5, 5.41) is 15.7. The summed E-state index contributed by atoms with van der Waals surface area (Å²) in [5.74, 6) is 0. The Morgan fingerprint density at radius 2 is 1.29 bits per heavy atom. The molecule has 0 radical (unpaired) electrons. The summed E-state index contributed by atoms with van der Waals surface area (Å²) < 4.78 is 29.2. The first-order chi connectivity index (χ1) is 15.1. The van der Waals surface area contributed by atoms with Gasteiger partial charge in [0.05, 0.1) is 5.39 Å². The highest BCUT2D eigenvalue weighted by atomic mass is 32.2. The Morgan fingerprint density at radius 1 is 0.710 bits per heavy atom.